The van der Waals surface area contributed by atoms with Gasteiger partial charge in [-0.15, -0.1) is 23.1 Å². The van der Waals surface area contributed by atoms with Gasteiger partial charge in [-0.25, -0.2) is 0 Å². The molecule has 0 saturated heterocycles. The van der Waals surface area contributed by atoms with E-state index in [4.69, 9.17) is 16.9 Å². The zero-order valence-electron chi connectivity index (χ0n) is 19.9. The van der Waals surface area contributed by atoms with Crippen molar-refractivity contribution in [2.75, 3.05) is 6.26 Å². The molecule has 1 aromatic heterocycles. The van der Waals surface area contributed by atoms with Crippen LogP contribution in [0, 0.1) is 18.3 Å². The van der Waals surface area contributed by atoms with Crippen molar-refractivity contribution in [1.82, 2.24) is 0 Å². The van der Waals surface area contributed by atoms with Crippen LogP contribution in [0.4, 0.5) is 0 Å². The summed E-state index contributed by atoms with van der Waals surface area (Å²) in [6.45, 7) is 8.17. The highest BCUT2D eigenvalue weighted by Crippen LogP contribution is 2.35. The zero-order chi connectivity index (χ0) is 24.2. The molecule has 0 amide bonds. The third kappa shape index (κ3) is 8.41. The predicted molar refractivity (Wildman–Crippen MR) is 152 cm³/mol. The number of benzene rings is 1. The van der Waals surface area contributed by atoms with Crippen molar-refractivity contribution in [2.45, 2.75) is 34.1 Å². The molecule has 1 nitrogen and oxygen atoms in total. The number of allylic oxidation sites excluding steroid dienone is 10. The molecule has 0 aliphatic carbocycles. The third-order valence-corrected chi connectivity index (χ3v) is 7.35. The van der Waals surface area contributed by atoms with Gasteiger partial charge in [0, 0.05) is 25.3 Å². The van der Waals surface area contributed by atoms with E-state index in [1.54, 1.807) is 30.0 Å². The van der Waals surface area contributed by atoms with Gasteiger partial charge in [0.05, 0.1) is 6.07 Å². The van der Waals surface area contributed by atoms with E-state index in [2.05, 4.69) is 68.7 Å². The van der Waals surface area contributed by atoms with Crippen LogP contribution in [0.5, 0.6) is 0 Å². The molecule has 0 aliphatic heterocycles. The average molecular weight is 492 g/mol. The highest BCUT2D eigenvalue weighted by molar-refractivity contribution is 8.07. The molecular formula is C29H30ClNS2. The first-order valence-corrected chi connectivity index (χ1v) is 13.2. The molecule has 0 N–H and O–H groups in total. The SMILES string of the molecule is CC/C(Cl)=C/C=C/C=C/C(C)=C(\SC)c1ccc(-c2ccc(/C=C/C=C(/C)C#N)s2)cc1C. The fraction of sp³-hybridized carbons (Fsp3) is 0.207. The van der Waals surface area contributed by atoms with Gasteiger partial charge in [0.2, 0.25) is 0 Å². The maximum atomic E-state index is 8.85. The fourth-order valence-electron chi connectivity index (χ4n) is 3.09. The summed E-state index contributed by atoms with van der Waals surface area (Å²) in [4.78, 5) is 3.68. The monoisotopic (exact) mass is 491 g/mol. The Morgan fingerprint density at radius 3 is 2.55 bits per heavy atom. The summed E-state index contributed by atoms with van der Waals surface area (Å²) in [5.74, 6) is 0. The molecule has 1 heterocycles. The van der Waals surface area contributed by atoms with Gasteiger partial charge in [0.25, 0.3) is 0 Å². The number of nitriles is 1. The Bertz CT molecular complexity index is 1180. The summed E-state index contributed by atoms with van der Waals surface area (Å²) in [6.07, 6.45) is 18.9. The Morgan fingerprint density at radius 2 is 1.88 bits per heavy atom. The van der Waals surface area contributed by atoms with Gasteiger partial charge in [-0.3, -0.25) is 0 Å². The first kappa shape index (κ1) is 26.7. The van der Waals surface area contributed by atoms with Crippen LogP contribution >= 0.6 is 34.7 Å². The molecule has 4 heteroatoms. The first-order chi connectivity index (χ1) is 15.9. The summed E-state index contributed by atoms with van der Waals surface area (Å²) in [5, 5.41) is 9.70. The van der Waals surface area contributed by atoms with Gasteiger partial charge in [-0.05, 0) is 92.1 Å². The Labute approximate surface area is 212 Å². The summed E-state index contributed by atoms with van der Waals surface area (Å²) in [7, 11) is 0. The molecule has 2 aromatic rings. The van der Waals surface area contributed by atoms with Gasteiger partial charge in [-0.2, -0.15) is 5.26 Å². The van der Waals surface area contributed by atoms with Crippen LogP contribution in [-0.2, 0) is 0 Å². The summed E-state index contributed by atoms with van der Waals surface area (Å²) in [5.41, 5.74) is 5.68. The lowest BCUT2D eigenvalue weighted by Gasteiger charge is -2.12. The molecule has 0 bridgehead atoms. The second-order valence-corrected chi connectivity index (χ2v) is 9.90. The maximum Gasteiger partial charge on any atom is 0.0944 e. The minimum Gasteiger partial charge on any atom is -0.193 e. The zero-order valence-corrected chi connectivity index (χ0v) is 22.2. The van der Waals surface area contributed by atoms with Gasteiger partial charge in [0.1, 0.15) is 0 Å². The van der Waals surface area contributed by atoms with E-state index in [-0.39, 0.29) is 0 Å². The molecule has 0 aliphatic rings. The quantitative estimate of drug-likeness (QED) is 0.257. The number of aryl methyl sites for hydroxylation is 1. The lowest BCUT2D eigenvalue weighted by Crippen LogP contribution is -1.89. The lowest BCUT2D eigenvalue weighted by molar-refractivity contribution is 1.19. The van der Waals surface area contributed by atoms with E-state index in [1.807, 2.05) is 43.4 Å². The molecule has 0 unspecified atom stereocenters. The van der Waals surface area contributed by atoms with Crippen molar-refractivity contribution in [3.8, 4) is 16.5 Å². The Kier molecular flexibility index (Phi) is 11.3. The van der Waals surface area contributed by atoms with Crippen molar-refractivity contribution >= 4 is 45.7 Å². The molecule has 0 atom stereocenters. The third-order valence-electron chi connectivity index (χ3n) is 4.91. The number of hydrogen-bond acceptors (Lipinski definition) is 3. The van der Waals surface area contributed by atoms with Crippen LogP contribution in [-0.4, -0.2) is 6.26 Å². The Morgan fingerprint density at radius 1 is 1.09 bits per heavy atom. The fourth-order valence-corrected chi connectivity index (χ4v) is 4.92. The van der Waals surface area contributed by atoms with Crippen LogP contribution in [0.2, 0.25) is 0 Å². The van der Waals surface area contributed by atoms with E-state index in [1.165, 1.54) is 36.9 Å². The average Bonchev–Trinajstić information content (AvgIpc) is 3.28. The van der Waals surface area contributed by atoms with Gasteiger partial charge >= 0.3 is 0 Å². The predicted octanol–water partition coefficient (Wildman–Crippen LogP) is 9.95. The van der Waals surface area contributed by atoms with Gasteiger partial charge < -0.3 is 0 Å². The number of hydrogen-bond donors (Lipinski definition) is 0. The molecule has 0 saturated carbocycles. The van der Waals surface area contributed by atoms with Crippen molar-refractivity contribution in [3.05, 3.63) is 105 Å². The number of thiophene rings is 1. The maximum absolute atomic E-state index is 8.85. The number of thioether (sulfide) groups is 1. The van der Waals surface area contributed by atoms with E-state index in [0.717, 1.165) is 11.5 Å². The highest BCUT2D eigenvalue weighted by atomic mass is 35.5. The Hall–Kier alpha value is -2.51. The van der Waals surface area contributed by atoms with Crippen molar-refractivity contribution in [3.63, 3.8) is 0 Å². The van der Waals surface area contributed by atoms with E-state index < -0.39 is 0 Å². The molecule has 33 heavy (non-hydrogen) atoms. The lowest BCUT2D eigenvalue weighted by atomic mass is 10.0. The summed E-state index contributed by atoms with van der Waals surface area (Å²) < 4.78 is 0. The summed E-state index contributed by atoms with van der Waals surface area (Å²) >= 11 is 9.56. The van der Waals surface area contributed by atoms with Crippen LogP contribution in [0.15, 0.2) is 89.0 Å². The van der Waals surface area contributed by atoms with Crippen LogP contribution in [0.1, 0.15) is 43.2 Å². The van der Waals surface area contributed by atoms with Crippen molar-refractivity contribution < 1.29 is 0 Å². The molecule has 2 rings (SSSR count). The van der Waals surface area contributed by atoms with Crippen LogP contribution in [0.25, 0.3) is 21.4 Å². The second-order valence-electron chi connectivity index (χ2n) is 7.48. The smallest absolute Gasteiger partial charge is 0.0944 e. The van der Waals surface area contributed by atoms with Gasteiger partial charge in [-0.1, -0.05) is 61.0 Å². The molecule has 0 radical (unpaired) electrons. The standard InChI is InChI=1S/C29H30ClNS2/c1-6-25(30)13-9-7-8-12-22(3)29(32-5)27-17-15-24(19-23(27)4)28-18-16-26(33-28)14-10-11-21(2)20-31/h7-19H,6H2,1-5H3/b9-7+,12-8+,14-10+,21-11-,25-13-,29-22-. The second kappa shape index (κ2) is 13.9. The van der Waals surface area contributed by atoms with Crippen molar-refractivity contribution in [2.24, 2.45) is 0 Å². The topological polar surface area (TPSA) is 23.8 Å². The normalized spacial score (nSPS) is 13.8. The van der Waals surface area contributed by atoms with E-state index >= 15 is 0 Å². The molecule has 0 fully saturated rings. The molecular weight excluding hydrogens is 462 g/mol. The van der Waals surface area contributed by atoms with Crippen LogP contribution in [0.3, 0.4) is 0 Å². The van der Waals surface area contributed by atoms with Gasteiger partial charge in [0.15, 0.2) is 0 Å². The number of halogens is 1. The van der Waals surface area contributed by atoms with Crippen molar-refractivity contribution in [1.29, 1.82) is 5.26 Å². The minimum absolute atomic E-state index is 0.700. The first-order valence-electron chi connectivity index (χ1n) is 10.8. The van der Waals surface area contributed by atoms with E-state index in [9.17, 15) is 0 Å². The largest absolute Gasteiger partial charge is 0.193 e. The van der Waals surface area contributed by atoms with Crippen LogP contribution < -0.4 is 0 Å². The molecule has 1 aromatic carbocycles. The minimum atomic E-state index is 0.700. The molecule has 170 valence electrons. The highest BCUT2D eigenvalue weighted by Gasteiger charge is 2.09. The summed E-state index contributed by atoms with van der Waals surface area (Å²) in [6, 6.07) is 13.1. The number of nitrogens with zero attached hydrogens (tertiary/aromatic N) is 1. The van der Waals surface area contributed by atoms with E-state index in [0.29, 0.717) is 5.57 Å². The number of rotatable bonds is 9. The Balaban J connectivity index is 2.23. The molecule has 0 spiro atoms.